The lowest BCUT2D eigenvalue weighted by Gasteiger charge is -2.22. The lowest BCUT2D eigenvalue weighted by molar-refractivity contribution is -0.132. The summed E-state index contributed by atoms with van der Waals surface area (Å²) in [5.41, 5.74) is 8.95. The van der Waals surface area contributed by atoms with Gasteiger partial charge >= 0.3 is 0 Å². The number of carbonyl (C=O) groups excluding carboxylic acids is 1. The monoisotopic (exact) mass is 324 g/mol. The highest BCUT2D eigenvalue weighted by Crippen LogP contribution is 2.25. The summed E-state index contributed by atoms with van der Waals surface area (Å²) in [5, 5.41) is 3.15. The standard InChI is InChI=1S/C20H24N2O2/c1-14-7-9-16(10-8-14)19(15-5-3-2-4-6-15)22-20(23)18-12-11-17(13-21)24-18/h2-10,17-19H,11-13,21H2,1H3,(H,22,23)/t17-,18+,19?/m1/s1. The van der Waals surface area contributed by atoms with E-state index >= 15 is 0 Å². The number of benzene rings is 2. The Morgan fingerprint density at radius 2 is 1.79 bits per heavy atom. The van der Waals surface area contributed by atoms with Crippen molar-refractivity contribution >= 4 is 5.91 Å². The summed E-state index contributed by atoms with van der Waals surface area (Å²) in [7, 11) is 0. The Balaban J connectivity index is 1.80. The summed E-state index contributed by atoms with van der Waals surface area (Å²) < 4.78 is 5.73. The third kappa shape index (κ3) is 3.83. The van der Waals surface area contributed by atoms with Gasteiger partial charge in [0.1, 0.15) is 6.10 Å². The Morgan fingerprint density at radius 1 is 1.12 bits per heavy atom. The van der Waals surface area contributed by atoms with Crippen molar-refractivity contribution in [2.75, 3.05) is 6.54 Å². The van der Waals surface area contributed by atoms with Crippen LogP contribution in [0, 0.1) is 6.92 Å². The summed E-state index contributed by atoms with van der Waals surface area (Å²) in [5.74, 6) is -0.0691. The zero-order valence-corrected chi connectivity index (χ0v) is 13.9. The zero-order valence-electron chi connectivity index (χ0n) is 13.9. The molecule has 2 aromatic carbocycles. The Labute approximate surface area is 143 Å². The van der Waals surface area contributed by atoms with E-state index in [9.17, 15) is 4.79 Å². The van der Waals surface area contributed by atoms with E-state index in [1.807, 2.05) is 30.3 Å². The summed E-state index contributed by atoms with van der Waals surface area (Å²) in [6, 6.07) is 18.1. The van der Waals surface area contributed by atoms with Crippen LogP contribution < -0.4 is 11.1 Å². The molecule has 3 atom stereocenters. The molecule has 0 radical (unpaired) electrons. The second-order valence-electron chi connectivity index (χ2n) is 6.32. The maximum atomic E-state index is 12.7. The van der Waals surface area contributed by atoms with E-state index in [2.05, 4.69) is 36.5 Å². The van der Waals surface area contributed by atoms with Crippen LogP contribution in [0.2, 0.25) is 0 Å². The Hall–Kier alpha value is -2.17. The number of nitrogens with one attached hydrogen (secondary N) is 1. The first-order valence-electron chi connectivity index (χ1n) is 8.45. The van der Waals surface area contributed by atoms with Gasteiger partial charge in [-0.25, -0.2) is 0 Å². The summed E-state index contributed by atoms with van der Waals surface area (Å²) >= 11 is 0. The first-order valence-corrected chi connectivity index (χ1v) is 8.45. The highest BCUT2D eigenvalue weighted by Gasteiger charge is 2.31. The minimum absolute atomic E-state index is 0.00435. The molecule has 0 bridgehead atoms. The molecule has 3 rings (SSSR count). The number of nitrogens with two attached hydrogens (primary N) is 1. The van der Waals surface area contributed by atoms with Crippen LogP contribution in [-0.2, 0) is 9.53 Å². The molecule has 1 fully saturated rings. The molecule has 126 valence electrons. The van der Waals surface area contributed by atoms with Gasteiger partial charge in [0.05, 0.1) is 12.1 Å². The molecule has 1 aliphatic heterocycles. The van der Waals surface area contributed by atoms with Gasteiger partial charge in [0.25, 0.3) is 0 Å². The largest absolute Gasteiger partial charge is 0.364 e. The number of aryl methyl sites for hydroxylation is 1. The number of rotatable bonds is 5. The summed E-state index contributed by atoms with van der Waals surface area (Å²) in [6.45, 7) is 2.52. The fourth-order valence-corrected chi connectivity index (χ4v) is 3.07. The number of carbonyl (C=O) groups is 1. The minimum atomic E-state index is -0.407. The van der Waals surface area contributed by atoms with E-state index in [0.717, 1.165) is 24.0 Å². The van der Waals surface area contributed by atoms with Crippen molar-refractivity contribution in [1.82, 2.24) is 5.32 Å². The normalized spacial score (nSPS) is 21.4. The predicted octanol–water partition coefficient (Wildman–Crippen LogP) is 2.71. The molecule has 0 aromatic heterocycles. The first-order chi connectivity index (χ1) is 11.7. The first kappa shape index (κ1) is 16.7. The van der Waals surface area contributed by atoms with Gasteiger partial charge in [-0.05, 0) is 30.9 Å². The molecule has 4 heteroatoms. The molecule has 2 aromatic rings. The van der Waals surface area contributed by atoms with Crippen molar-refractivity contribution in [3.63, 3.8) is 0 Å². The average molecular weight is 324 g/mol. The van der Waals surface area contributed by atoms with Gasteiger partial charge in [-0.1, -0.05) is 60.2 Å². The topological polar surface area (TPSA) is 64.4 Å². The molecule has 4 nitrogen and oxygen atoms in total. The Kier molecular flexibility index (Phi) is 5.28. The molecular formula is C20H24N2O2. The highest BCUT2D eigenvalue weighted by atomic mass is 16.5. The number of amides is 1. The highest BCUT2D eigenvalue weighted by molar-refractivity contribution is 5.82. The van der Waals surface area contributed by atoms with Crippen molar-refractivity contribution in [2.24, 2.45) is 5.73 Å². The van der Waals surface area contributed by atoms with E-state index < -0.39 is 6.10 Å². The van der Waals surface area contributed by atoms with Crippen molar-refractivity contribution in [3.8, 4) is 0 Å². The van der Waals surface area contributed by atoms with Gasteiger partial charge in [-0.15, -0.1) is 0 Å². The molecule has 1 saturated heterocycles. The Bertz CT molecular complexity index is 670. The van der Waals surface area contributed by atoms with Crippen LogP contribution in [0.5, 0.6) is 0 Å². The van der Waals surface area contributed by atoms with Crippen LogP contribution in [0.3, 0.4) is 0 Å². The maximum Gasteiger partial charge on any atom is 0.249 e. The third-order valence-corrected chi connectivity index (χ3v) is 4.49. The molecule has 0 saturated carbocycles. The molecule has 1 aliphatic rings. The Morgan fingerprint density at radius 3 is 2.42 bits per heavy atom. The van der Waals surface area contributed by atoms with Gasteiger partial charge in [0.15, 0.2) is 0 Å². The van der Waals surface area contributed by atoms with Crippen LogP contribution in [0.1, 0.15) is 35.6 Å². The fourth-order valence-electron chi connectivity index (χ4n) is 3.07. The van der Waals surface area contributed by atoms with Crippen LogP contribution >= 0.6 is 0 Å². The SMILES string of the molecule is Cc1ccc(C(NC(=O)[C@@H]2CC[C@H](CN)O2)c2ccccc2)cc1. The second kappa shape index (κ2) is 7.60. The van der Waals surface area contributed by atoms with Gasteiger partial charge in [0.2, 0.25) is 5.91 Å². The second-order valence-corrected chi connectivity index (χ2v) is 6.32. The summed E-state index contributed by atoms with van der Waals surface area (Å²) in [6.07, 6.45) is 1.16. The lowest BCUT2D eigenvalue weighted by atomic mass is 9.97. The maximum absolute atomic E-state index is 12.7. The van der Waals surface area contributed by atoms with E-state index in [1.54, 1.807) is 0 Å². The van der Waals surface area contributed by atoms with Gasteiger partial charge in [-0.3, -0.25) is 4.79 Å². The smallest absolute Gasteiger partial charge is 0.249 e. The average Bonchev–Trinajstić information content (AvgIpc) is 3.10. The van der Waals surface area contributed by atoms with Crippen LogP contribution in [0.15, 0.2) is 54.6 Å². The van der Waals surface area contributed by atoms with E-state index in [4.69, 9.17) is 10.5 Å². The van der Waals surface area contributed by atoms with Crippen molar-refractivity contribution in [2.45, 2.75) is 38.0 Å². The zero-order chi connectivity index (χ0) is 16.9. The molecule has 24 heavy (non-hydrogen) atoms. The molecule has 0 spiro atoms. The van der Waals surface area contributed by atoms with Gasteiger partial charge in [0, 0.05) is 6.54 Å². The molecule has 1 unspecified atom stereocenters. The van der Waals surface area contributed by atoms with Crippen molar-refractivity contribution in [1.29, 1.82) is 0 Å². The van der Waals surface area contributed by atoms with Gasteiger partial charge in [-0.2, -0.15) is 0 Å². The van der Waals surface area contributed by atoms with Crippen LogP contribution in [0.25, 0.3) is 0 Å². The molecule has 1 amide bonds. The predicted molar refractivity (Wildman–Crippen MR) is 94.6 cm³/mol. The molecule has 0 aliphatic carbocycles. The molecule has 1 heterocycles. The van der Waals surface area contributed by atoms with Crippen LogP contribution in [0.4, 0.5) is 0 Å². The van der Waals surface area contributed by atoms with Crippen molar-refractivity contribution in [3.05, 3.63) is 71.3 Å². The van der Waals surface area contributed by atoms with E-state index in [1.165, 1.54) is 5.56 Å². The molecular weight excluding hydrogens is 300 g/mol. The quantitative estimate of drug-likeness (QED) is 0.889. The van der Waals surface area contributed by atoms with Crippen molar-refractivity contribution < 1.29 is 9.53 Å². The van der Waals surface area contributed by atoms with E-state index in [-0.39, 0.29) is 18.1 Å². The minimum Gasteiger partial charge on any atom is -0.364 e. The fraction of sp³-hybridized carbons (Fsp3) is 0.350. The number of hydrogen-bond donors (Lipinski definition) is 2. The summed E-state index contributed by atoms with van der Waals surface area (Å²) in [4.78, 5) is 12.7. The molecule has 3 N–H and O–H groups in total. The van der Waals surface area contributed by atoms with E-state index in [0.29, 0.717) is 6.54 Å². The lowest BCUT2D eigenvalue weighted by Crippen LogP contribution is -2.38. The third-order valence-electron chi connectivity index (χ3n) is 4.49. The number of hydrogen-bond acceptors (Lipinski definition) is 3. The number of ether oxygens (including phenoxy) is 1. The van der Waals surface area contributed by atoms with Gasteiger partial charge < -0.3 is 15.8 Å². The van der Waals surface area contributed by atoms with Crippen LogP contribution in [-0.4, -0.2) is 24.7 Å².